The fraction of sp³-hybridized carbons (Fsp3) is 0.538. The predicted molar refractivity (Wildman–Crippen MR) is 73.8 cm³/mol. The van der Waals surface area contributed by atoms with Gasteiger partial charge in [0.25, 0.3) is 0 Å². The topological polar surface area (TPSA) is 67.4 Å². The predicted octanol–water partition coefficient (Wildman–Crippen LogP) is 1.12. The summed E-state index contributed by atoms with van der Waals surface area (Å²) >= 11 is 0. The van der Waals surface area contributed by atoms with Crippen LogP contribution in [-0.2, 0) is 10.0 Å². The normalized spacial score (nSPS) is 20.8. The molecule has 1 aromatic carbocycles. The van der Waals surface area contributed by atoms with Gasteiger partial charge in [0, 0.05) is 18.7 Å². The van der Waals surface area contributed by atoms with E-state index in [2.05, 4.69) is 10.0 Å². The van der Waals surface area contributed by atoms with E-state index in [1.165, 1.54) is 13.2 Å². The highest BCUT2D eigenvalue weighted by Gasteiger charge is 2.21. The van der Waals surface area contributed by atoms with Gasteiger partial charge in [-0.15, -0.1) is 0 Å². The van der Waals surface area contributed by atoms with Gasteiger partial charge in [0.2, 0.25) is 10.0 Å². The SMILES string of the molecule is COc1cccc(S(=O)(=O)NC2CCCCNC2)c1. The number of nitrogens with one attached hydrogen (secondary N) is 2. The molecule has 1 aliphatic rings. The Kier molecular flexibility index (Phi) is 4.79. The number of sulfonamides is 1. The first-order valence-electron chi connectivity index (χ1n) is 6.49. The number of rotatable bonds is 4. The smallest absolute Gasteiger partial charge is 0.240 e. The van der Waals surface area contributed by atoms with Crippen LogP contribution in [0.15, 0.2) is 29.2 Å². The molecule has 106 valence electrons. The second-order valence-corrected chi connectivity index (χ2v) is 6.41. The third kappa shape index (κ3) is 3.92. The molecule has 0 bridgehead atoms. The zero-order chi connectivity index (χ0) is 13.7. The summed E-state index contributed by atoms with van der Waals surface area (Å²) in [6.45, 7) is 1.64. The van der Waals surface area contributed by atoms with Gasteiger partial charge in [-0.2, -0.15) is 0 Å². The van der Waals surface area contributed by atoms with Crippen LogP contribution in [0.1, 0.15) is 19.3 Å². The van der Waals surface area contributed by atoms with Crippen molar-refractivity contribution in [3.8, 4) is 5.75 Å². The Hall–Kier alpha value is -1.11. The highest BCUT2D eigenvalue weighted by Crippen LogP contribution is 2.18. The maximum Gasteiger partial charge on any atom is 0.240 e. The van der Waals surface area contributed by atoms with Crippen molar-refractivity contribution in [1.82, 2.24) is 10.0 Å². The summed E-state index contributed by atoms with van der Waals surface area (Å²) in [6.07, 6.45) is 3.01. The molecule has 1 aliphatic heterocycles. The van der Waals surface area contributed by atoms with E-state index in [9.17, 15) is 8.42 Å². The van der Waals surface area contributed by atoms with Crippen LogP contribution in [0.5, 0.6) is 5.75 Å². The fourth-order valence-electron chi connectivity index (χ4n) is 2.18. The van der Waals surface area contributed by atoms with Gasteiger partial charge in [-0.1, -0.05) is 12.5 Å². The Balaban J connectivity index is 2.12. The minimum absolute atomic E-state index is 0.0429. The van der Waals surface area contributed by atoms with E-state index in [0.29, 0.717) is 12.3 Å². The number of methoxy groups -OCH3 is 1. The highest BCUT2D eigenvalue weighted by molar-refractivity contribution is 7.89. The zero-order valence-corrected chi connectivity index (χ0v) is 11.9. The van der Waals surface area contributed by atoms with E-state index in [1.54, 1.807) is 18.2 Å². The van der Waals surface area contributed by atoms with Crippen molar-refractivity contribution in [2.75, 3.05) is 20.2 Å². The average molecular weight is 284 g/mol. The summed E-state index contributed by atoms with van der Waals surface area (Å²) in [6, 6.07) is 6.48. The monoisotopic (exact) mass is 284 g/mol. The Morgan fingerprint density at radius 3 is 3.00 bits per heavy atom. The summed E-state index contributed by atoms with van der Waals surface area (Å²) in [7, 11) is -1.96. The minimum Gasteiger partial charge on any atom is -0.497 e. The standard InChI is InChI=1S/C13H20N2O3S/c1-18-12-6-4-7-13(9-12)19(16,17)15-11-5-2-3-8-14-10-11/h4,6-7,9,11,14-15H,2-3,5,8,10H2,1H3. The molecule has 0 saturated carbocycles. The lowest BCUT2D eigenvalue weighted by atomic mass is 10.2. The molecular weight excluding hydrogens is 264 g/mol. The molecule has 5 nitrogen and oxygen atoms in total. The molecule has 1 saturated heterocycles. The first-order chi connectivity index (χ1) is 9.12. The lowest BCUT2D eigenvalue weighted by Gasteiger charge is -2.16. The number of ether oxygens (including phenoxy) is 1. The van der Waals surface area contributed by atoms with Crippen LogP contribution in [0.2, 0.25) is 0 Å². The molecule has 0 amide bonds. The van der Waals surface area contributed by atoms with E-state index in [1.807, 2.05) is 0 Å². The third-order valence-corrected chi connectivity index (χ3v) is 4.74. The van der Waals surface area contributed by atoms with Crippen molar-refractivity contribution in [3.05, 3.63) is 24.3 Å². The minimum atomic E-state index is -3.48. The van der Waals surface area contributed by atoms with E-state index < -0.39 is 10.0 Å². The zero-order valence-electron chi connectivity index (χ0n) is 11.1. The Morgan fingerprint density at radius 2 is 2.21 bits per heavy atom. The average Bonchev–Trinajstić information content (AvgIpc) is 2.67. The summed E-state index contributed by atoms with van der Waals surface area (Å²) < 4.78 is 32.4. The van der Waals surface area contributed by atoms with E-state index >= 15 is 0 Å². The third-order valence-electron chi connectivity index (χ3n) is 3.22. The molecule has 0 aliphatic carbocycles. The van der Waals surface area contributed by atoms with Gasteiger partial charge in [0.1, 0.15) is 5.75 Å². The van der Waals surface area contributed by atoms with Crippen LogP contribution in [-0.4, -0.2) is 34.7 Å². The Labute approximate surface area is 114 Å². The van der Waals surface area contributed by atoms with E-state index in [-0.39, 0.29) is 10.9 Å². The highest BCUT2D eigenvalue weighted by atomic mass is 32.2. The quantitative estimate of drug-likeness (QED) is 0.869. The summed E-state index contributed by atoms with van der Waals surface area (Å²) in [5, 5.41) is 3.24. The molecule has 1 fully saturated rings. The van der Waals surface area contributed by atoms with Gasteiger partial charge in [0.15, 0.2) is 0 Å². The Morgan fingerprint density at radius 1 is 1.37 bits per heavy atom. The Bertz CT molecular complexity index is 508. The number of hydrogen-bond acceptors (Lipinski definition) is 4. The van der Waals surface area contributed by atoms with Crippen molar-refractivity contribution in [1.29, 1.82) is 0 Å². The van der Waals surface area contributed by atoms with Crippen molar-refractivity contribution >= 4 is 10.0 Å². The maximum atomic E-state index is 12.3. The van der Waals surface area contributed by atoms with E-state index in [0.717, 1.165) is 25.8 Å². The second kappa shape index (κ2) is 6.36. The molecular formula is C13H20N2O3S. The summed E-state index contributed by atoms with van der Waals surface area (Å²) in [5.74, 6) is 0.543. The summed E-state index contributed by atoms with van der Waals surface area (Å²) in [5.41, 5.74) is 0. The molecule has 2 rings (SSSR count). The van der Waals surface area contributed by atoms with Gasteiger partial charge in [-0.3, -0.25) is 0 Å². The van der Waals surface area contributed by atoms with Crippen LogP contribution in [0.25, 0.3) is 0 Å². The lowest BCUT2D eigenvalue weighted by Crippen LogP contribution is -2.40. The molecule has 19 heavy (non-hydrogen) atoms. The van der Waals surface area contributed by atoms with E-state index in [4.69, 9.17) is 4.74 Å². The summed E-state index contributed by atoms with van der Waals surface area (Å²) in [4.78, 5) is 0.246. The molecule has 2 N–H and O–H groups in total. The van der Waals surface area contributed by atoms with Crippen molar-refractivity contribution in [2.45, 2.75) is 30.2 Å². The number of benzene rings is 1. The molecule has 6 heteroatoms. The lowest BCUT2D eigenvalue weighted by molar-refractivity contribution is 0.413. The van der Waals surface area contributed by atoms with Gasteiger partial charge >= 0.3 is 0 Å². The molecule has 0 spiro atoms. The van der Waals surface area contributed by atoms with Crippen molar-refractivity contribution in [2.24, 2.45) is 0 Å². The first kappa shape index (κ1) is 14.3. The molecule has 0 aromatic heterocycles. The van der Waals surface area contributed by atoms with Gasteiger partial charge in [-0.05, 0) is 31.5 Å². The molecule has 1 unspecified atom stereocenters. The van der Waals surface area contributed by atoms with Crippen LogP contribution < -0.4 is 14.8 Å². The second-order valence-electron chi connectivity index (χ2n) is 4.70. The maximum absolute atomic E-state index is 12.3. The molecule has 0 radical (unpaired) electrons. The van der Waals surface area contributed by atoms with Gasteiger partial charge in [-0.25, -0.2) is 13.1 Å². The molecule has 1 aromatic rings. The molecule has 1 atom stereocenters. The van der Waals surface area contributed by atoms with Gasteiger partial charge < -0.3 is 10.1 Å². The molecule has 1 heterocycles. The van der Waals surface area contributed by atoms with Gasteiger partial charge in [0.05, 0.1) is 12.0 Å². The largest absolute Gasteiger partial charge is 0.497 e. The van der Waals surface area contributed by atoms with Crippen molar-refractivity contribution in [3.63, 3.8) is 0 Å². The van der Waals surface area contributed by atoms with Crippen molar-refractivity contribution < 1.29 is 13.2 Å². The fourth-order valence-corrected chi connectivity index (χ4v) is 3.48. The van der Waals surface area contributed by atoms with Crippen LogP contribution in [0, 0.1) is 0 Å². The van der Waals surface area contributed by atoms with Crippen LogP contribution >= 0.6 is 0 Å². The van der Waals surface area contributed by atoms with Crippen LogP contribution in [0.4, 0.5) is 0 Å². The number of hydrogen-bond donors (Lipinski definition) is 2. The first-order valence-corrected chi connectivity index (χ1v) is 7.97. The van der Waals surface area contributed by atoms with Crippen LogP contribution in [0.3, 0.4) is 0 Å².